The van der Waals surface area contributed by atoms with E-state index < -0.39 is 17.5 Å². The van der Waals surface area contributed by atoms with E-state index in [1.54, 1.807) is 32.9 Å². The number of nitrogens with one attached hydrogen (secondary N) is 1. The molecule has 1 aromatic rings. The standard InChI is InChI=1S/C16H21FN2O4/c1-16(2,3)22-15(20)18-9-11-8-13(19-23-11)10-5-6-14(21-4)12(17)7-10/h5-7,11H,8-9H2,1-4H3,(H,18,20)/t11-/m0/s1. The summed E-state index contributed by atoms with van der Waals surface area (Å²) in [4.78, 5) is 16.9. The number of hydrogen-bond acceptors (Lipinski definition) is 5. The summed E-state index contributed by atoms with van der Waals surface area (Å²) in [7, 11) is 1.41. The minimum atomic E-state index is -0.553. The number of oxime groups is 1. The fourth-order valence-corrected chi connectivity index (χ4v) is 2.07. The molecule has 126 valence electrons. The molecule has 0 saturated heterocycles. The van der Waals surface area contributed by atoms with E-state index in [2.05, 4.69) is 10.5 Å². The van der Waals surface area contributed by atoms with Gasteiger partial charge in [0.25, 0.3) is 0 Å². The Balaban J connectivity index is 1.86. The molecule has 0 aromatic heterocycles. The van der Waals surface area contributed by atoms with Crippen LogP contribution >= 0.6 is 0 Å². The predicted molar refractivity (Wildman–Crippen MR) is 83.2 cm³/mol. The summed E-state index contributed by atoms with van der Waals surface area (Å²) in [5, 5.41) is 6.58. The van der Waals surface area contributed by atoms with Gasteiger partial charge in [-0.05, 0) is 39.0 Å². The third kappa shape index (κ3) is 4.84. The van der Waals surface area contributed by atoms with Crippen LogP contribution in [0.3, 0.4) is 0 Å². The Morgan fingerprint density at radius 2 is 2.22 bits per heavy atom. The molecule has 0 bridgehead atoms. The minimum absolute atomic E-state index is 0.177. The van der Waals surface area contributed by atoms with E-state index in [-0.39, 0.29) is 18.4 Å². The van der Waals surface area contributed by atoms with Crippen LogP contribution in [0.5, 0.6) is 5.75 Å². The maximum Gasteiger partial charge on any atom is 0.407 e. The first-order chi connectivity index (χ1) is 10.8. The van der Waals surface area contributed by atoms with Crippen LogP contribution in [-0.4, -0.2) is 37.2 Å². The second kappa shape index (κ2) is 6.85. The lowest BCUT2D eigenvalue weighted by atomic mass is 10.0. The van der Waals surface area contributed by atoms with Gasteiger partial charge in [0.05, 0.1) is 19.4 Å². The Hall–Kier alpha value is -2.31. The summed E-state index contributed by atoms with van der Waals surface area (Å²) in [6.07, 6.45) is -0.339. The number of carbonyl (C=O) groups is 1. The van der Waals surface area contributed by atoms with E-state index in [4.69, 9.17) is 14.3 Å². The smallest absolute Gasteiger partial charge is 0.407 e. The fraction of sp³-hybridized carbons (Fsp3) is 0.500. The number of carbonyl (C=O) groups excluding carboxylic acids is 1. The van der Waals surface area contributed by atoms with E-state index in [9.17, 15) is 9.18 Å². The summed E-state index contributed by atoms with van der Waals surface area (Å²) in [6.45, 7) is 5.63. The number of methoxy groups -OCH3 is 1. The molecule has 1 heterocycles. The normalized spacial score (nSPS) is 17.3. The highest BCUT2D eigenvalue weighted by atomic mass is 19.1. The van der Waals surface area contributed by atoms with Crippen LogP contribution in [0.15, 0.2) is 23.4 Å². The molecule has 1 aliphatic rings. The molecule has 1 atom stereocenters. The van der Waals surface area contributed by atoms with Crippen LogP contribution in [0.25, 0.3) is 0 Å². The van der Waals surface area contributed by atoms with Gasteiger partial charge >= 0.3 is 6.09 Å². The second-order valence-electron chi connectivity index (χ2n) is 6.20. The maximum atomic E-state index is 13.7. The molecule has 0 spiro atoms. The number of nitrogens with zero attached hydrogens (tertiary/aromatic N) is 1. The van der Waals surface area contributed by atoms with Crippen molar-refractivity contribution >= 4 is 11.8 Å². The van der Waals surface area contributed by atoms with Crippen molar-refractivity contribution in [2.45, 2.75) is 38.9 Å². The van der Waals surface area contributed by atoms with Crippen LogP contribution in [0, 0.1) is 5.82 Å². The molecule has 1 aromatic carbocycles. The molecule has 23 heavy (non-hydrogen) atoms. The number of halogens is 1. The van der Waals surface area contributed by atoms with E-state index in [1.165, 1.54) is 13.2 Å². The zero-order chi connectivity index (χ0) is 17.0. The molecule has 0 radical (unpaired) electrons. The maximum absolute atomic E-state index is 13.7. The average Bonchev–Trinajstić information content (AvgIpc) is 2.92. The van der Waals surface area contributed by atoms with Gasteiger partial charge in [-0.2, -0.15) is 0 Å². The van der Waals surface area contributed by atoms with Crippen LogP contribution in [-0.2, 0) is 9.57 Å². The van der Waals surface area contributed by atoms with Crippen LogP contribution < -0.4 is 10.1 Å². The third-order valence-corrected chi connectivity index (χ3v) is 3.09. The first kappa shape index (κ1) is 17.1. The Kier molecular flexibility index (Phi) is 5.08. The Morgan fingerprint density at radius 1 is 1.48 bits per heavy atom. The number of benzene rings is 1. The third-order valence-electron chi connectivity index (χ3n) is 3.09. The highest BCUT2D eigenvalue weighted by Gasteiger charge is 2.24. The molecule has 0 fully saturated rings. The fourth-order valence-electron chi connectivity index (χ4n) is 2.07. The van der Waals surface area contributed by atoms with Crippen molar-refractivity contribution < 1.29 is 23.5 Å². The van der Waals surface area contributed by atoms with Gasteiger partial charge in [-0.25, -0.2) is 9.18 Å². The number of ether oxygens (including phenoxy) is 2. The molecular formula is C16H21FN2O4. The quantitative estimate of drug-likeness (QED) is 0.924. The van der Waals surface area contributed by atoms with Gasteiger partial charge in [-0.3, -0.25) is 0 Å². The highest BCUT2D eigenvalue weighted by Crippen LogP contribution is 2.22. The number of amides is 1. The molecule has 2 rings (SSSR count). The summed E-state index contributed by atoms with van der Waals surface area (Å²) >= 11 is 0. The van der Waals surface area contributed by atoms with E-state index in [0.29, 0.717) is 17.7 Å². The van der Waals surface area contributed by atoms with E-state index >= 15 is 0 Å². The molecule has 1 aliphatic heterocycles. The summed E-state index contributed by atoms with van der Waals surface area (Å²) in [5.74, 6) is -0.278. The Labute approximate surface area is 134 Å². The minimum Gasteiger partial charge on any atom is -0.494 e. The zero-order valence-electron chi connectivity index (χ0n) is 13.7. The first-order valence-electron chi connectivity index (χ1n) is 7.32. The SMILES string of the molecule is COc1ccc(C2=NO[C@H](CNC(=O)OC(C)(C)C)C2)cc1F. The molecule has 0 saturated carbocycles. The van der Waals surface area contributed by atoms with Crippen LogP contribution in [0.4, 0.5) is 9.18 Å². The number of alkyl carbamates (subject to hydrolysis) is 1. The van der Waals surface area contributed by atoms with E-state index in [0.717, 1.165) is 0 Å². The molecule has 7 heteroatoms. The van der Waals surface area contributed by atoms with Crippen molar-refractivity contribution in [3.8, 4) is 5.75 Å². The van der Waals surface area contributed by atoms with Crippen molar-refractivity contribution in [2.24, 2.45) is 5.16 Å². The lowest BCUT2D eigenvalue weighted by Gasteiger charge is -2.20. The first-order valence-corrected chi connectivity index (χ1v) is 7.32. The van der Waals surface area contributed by atoms with E-state index in [1.807, 2.05) is 0 Å². The van der Waals surface area contributed by atoms with Crippen LogP contribution in [0.2, 0.25) is 0 Å². The topological polar surface area (TPSA) is 69.2 Å². The summed E-state index contributed by atoms with van der Waals surface area (Å²) < 4.78 is 23.7. The van der Waals surface area contributed by atoms with Gasteiger partial charge in [-0.15, -0.1) is 0 Å². The predicted octanol–water partition coefficient (Wildman–Crippen LogP) is 2.85. The van der Waals surface area contributed by atoms with Gasteiger partial charge in [0.15, 0.2) is 17.7 Å². The Morgan fingerprint density at radius 3 is 2.83 bits per heavy atom. The van der Waals surface area contributed by atoms with Crippen molar-refractivity contribution in [1.82, 2.24) is 5.32 Å². The Bertz CT molecular complexity index is 611. The second-order valence-corrected chi connectivity index (χ2v) is 6.20. The van der Waals surface area contributed by atoms with Gasteiger partial charge < -0.3 is 19.6 Å². The summed E-state index contributed by atoms with van der Waals surface area (Å²) in [5.41, 5.74) is 0.703. The zero-order valence-corrected chi connectivity index (χ0v) is 13.7. The van der Waals surface area contributed by atoms with Gasteiger partial charge in [0, 0.05) is 12.0 Å². The van der Waals surface area contributed by atoms with Crippen molar-refractivity contribution in [3.63, 3.8) is 0 Å². The molecule has 1 N–H and O–H groups in total. The van der Waals surface area contributed by atoms with Crippen molar-refractivity contribution in [1.29, 1.82) is 0 Å². The monoisotopic (exact) mass is 324 g/mol. The van der Waals surface area contributed by atoms with Crippen LogP contribution in [0.1, 0.15) is 32.8 Å². The molecule has 1 amide bonds. The number of rotatable bonds is 4. The largest absolute Gasteiger partial charge is 0.494 e. The van der Waals surface area contributed by atoms with Crippen molar-refractivity contribution in [3.05, 3.63) is 29.6 Å². The lowest BCUT2D eigenvalue weighted by Crippen LogP contribution is -2.37. The highest BCUT2D eigenvalue weighted by molar-refractivity contribution is 6.01. The van der Waals surface area contributed by atoms with Gasteiger partial charge in [-0.1, -0.05) is 5.16 Å². The number of hydrogen-bond donors (Lipinski definition) is 1. The molecular weight excluding hydrogens is 303 g/mol. The molecule has 0 aliphatic carbocycles. The van der Waals surface area contributed by atoms with Gasteiger partial charge in [0.2, 0.25) is 0 Å². The van der Waals surface area contributed by atoms with Gasteiger partial charge in [0.1, 0.15) is 5.60 Å². The summed E-state index contributed by atoms with van der Waals surface area (Å²) in [6, 6.07) is 4.61. The molecule has 0 unspecified atom stereocenters. The lowest BCUT2D eigenvalue weighted by molar-refractivity contribution is 0.0439. The van der Waals surface area contributed by atoms with Crippen molar-refractivity contribution in [2.75, 3.05) is 13.7 Å². The molecule has 6 nitrogen and oxygen atoms in total. The average molecular weight is 324 g/mol.